The Hall–Kier alpha value is -1.42. The normalized spacial score (nSPS) is 15.0. The first-order chi connectivity index (χ1) is 8.51. The van der Waals surface area contributed by atoms with Gasteiger partial charge in [-0.1, -0.05) is 33.6 Å². The minimum Gasteiger partial charge on any atom is -0.196 e. The van der Waals surface area contributed by atoms with Crippen molar-refractivity contribution in [3.63, 3.8) is 0 Å². The Morgan fingerprint density at radius 1 is 0.944 bits per heavy atom. The molecular weight excluding hydrogens is 224 g/mol. The first-order valence-electron chi connectivity index (χ1n) is 6.78. The summed E-state index contributed by atoms with van der Waals surface area (Å²) in [7, 11) is 0. The van der Waals surface area contributed by atoms with Crippen molar-refractivity contribution in [2.45, 2.75) is 77.3 Å². The molecule has 0 bridgehead atoms. The van der Waals surface area contributed by atoms with Crippen molar-refractivity contribution in [1.29, 1.82) is 10.5 Å². The minimum absolute atomic E-state index is 0.625. The third kappa shape index (κ3) is 4.84. The van der Waals surface area contributed by atoms with Gasteiger partial charge in [0, 0.05) is 0 Å². The number of hydrogen-bond donors (Lipinski definition) is 0. The summed E-state index contributed by atoms with van der Waals surface area (Å²) in [4.78, 5) is 0. The second-order valence-corrected chi connectivity index (χ2v) is 4.89. The van der Waals surface area contributed by atoms with Crippen LogP contribution in [-0.2, 0) is 0 Å². The number of rotatable bonds is 8. The molecule has 0 fully saturated rings. The molecule has 0 radical (unpaired) electrons. The Morgan fingerprint density at radius 2 is 1.56 bits per heavy atom. The fourth-order valence-electron chi connectivity index (χ4n) is 1.63. The van der Waals surface area contributed by atoms with E-state index in [0.717, 1.165) is 19.3 Å². The SMILES string of the molecule is CCCCCC(C)(C#N)N=NC(C#N)(CC)CC. The van der Waals surface area contributed by atoms with Crippen LogP contribution in [0.5, 0.6) is 0 Å². The molecule has 0 aromatic rings. The van der Waals surface area contributed by atoms with E-state index >= 15 is 0 Å². The van der Waals surface area contributed by atoms with Crippen molar-refractivity contribution in [3.05, 3.63) is 0 Å². The van der Waals surface area contributed by atoms with Gasteiger partial charge in [-0.05, 0) is 32.6 Å². The lowest BCUT2D eigenvalue weighted by molar-refractivity contribution is 0.422. The second-order valence-electron chi connectivity index (χ2n) is 4.89. The molecule has 1 atom stereocenters. The molecule has 18 heavy (non-hydrogen) atoms. The van der Waals surface area contributed by atoms with Crippen molar-refractivity contribution < 1.29 is 0 Å². The summed E-state index contributed by atoms with van der Waals surface area (Å²) in [5.74, 6) is 0. The minimum atomic E-state index is -0.790. The van der Waals surface area contributed by atoms with Gasteiger partial charge in [-0.2, -0.15) is 20.8 Å². The summed E-state index contributed by atoms with van der Waals surface area (Å²) < 4.78 is 0. The van der Waals surface area contributed by atoms with Gasteiger partial charge in [-0.25, -0.2) is 0 Å². The summed E-state index contributed by atoms with van der Waals surface area (Å²) in [5.41, 5.74) is -1.55. The van der Waals surface area contributed by atoms with E-state index in [2.05, 4.69) is 29.3 Å². The Kier molecular flexibility index (Phi) is 7.20. The van der Waals surface area contributed by atoms with Crippen LogP contribution in [0.1, 0.15) is 66.2 Å². The monoisotopic (exact) mass is 248 g/mol. The highest BCUT2D eigenvalue weighted by Gasteiger charge is 2.29. The lowest BCUT2D eigenvalue weighted by Crippen LogP contribution is -2.25. The molecule has 0 aliphatic rings. The van der Waals surface area contributed by atoms with Gasteiger partial charge in [0.2, 0.25) is 0 Å². The predicted molar refractivity (Wildman–Crippen MR) is 71.9 cm³/mol. The molecule has 0 aliphatic heterocycles. The summed E-state index contributed by atoms with van der Waals surface area (Å²) in [6.45, 7) is 7.76. The summed E-state index contributed by atoms with van der Waals surface area (Å²) in [6, 6.07) is 4.42. The van der Waals surface area contributed by atoms with Gasteiger partial charge in [-0.3, -0.25) is 0 Å². The number of hydrogen-bond acceptors (Lipinski definition) is 4. The maximum absolute atomic E-state index is 9.21. The molecule has 0 aliphatic carbocycles. The highest BCUT2D eigenvalue weighted by Crippen LogP contribution is 2.25. The quantitative estimate of drug-likeness (QED) is 0.472. The van der Waals surface area contributed by atoms with Crippen LogP contribution in [0.3, 0.4) is 0 Å². The highest BCUT2D eigenvalue weighted by atomic mass is 15.2. The average Bonchev–Trinajstić information content (AvgIpc) is 2.41. The van der Waals surface area contributed by atoms with E-state index in [1.807, 2.05) is 13.8 Å². The molecule has 0 rings (SSSR count). The van der Waals surface area contributed by atoms with Gasteiger partial charge in [0.1, 0.15) is 0 Å². The van der Waals surface area contributed by atoms with Gasteiger partial charge in [0.15, 0.2) is 11.1 Å². The van der Waals surface area contributed by atoms with Gasteiger partial charge >= 0.3 is 0 Å². The molecule has 0 aromatic carbocycles. The second kappa shape index (κ2) is 7.82. The van der Waals surface area contributed by atoms with Gasteiger partial charge in [0.25, 0.3) is 0 Å². The zero-order chi connectivity index (χ0) is 14.1. The lowest BCUT2D eigenvalue weighted by Gasteiger charge is -2.20. The highest BCUT2D eigenvalue weighted by molar-refractivity contribution is 5.08. The molecule has 100 valence electrons. The third-order valence-electron chi connectivity index (χ3n) is 3.35. The molecule has 0 heterocycles. The van der Waals surface area contributed by atoms with Crippen LogP contribution < -0.4 is 0 Å². The predicted octanol–water partition coefficient (Wildman–Crippen LogP) is 4.38. The van der Waals surface area contributed by atoms with Crippen LogP contribution in [0, 0.1) is 22.7 Å². The fourth-order valence-corrected chi connectivity index (χ4v) is 1.63. The summed E-state index contributed by atoms with van der Waals surface area (Å²) in [5, 5.41) is 26.7. The van der Waals surface area contributed by atoms with Crippen LogP contribution in [-0.4, -0.2) is 11.1 Å². The molecule has 0 saturated carbocycles. The van der Waals surface area contributed by atoms with E-state index in [1.165, 1.54) is 0 Å². The molecule has 4 nitrogen and oxygen atoms in total. The van der Waals surface area contributed by atoms with Crippen LogP contribution in [0.2, 0.25) is 0 Å². The zero-order valence-electron chi connectivity index (χ0n) is 12.0. The maximum Gasteiger partial charge on any atom is 0.167 e. The molecule has 0 amide bonds. The third-order valence-corrected chi connectivity index (χ3v) is 3.35. The Bertz CT molecular complexity index is 344. The van der Waals surface area contributed by atoms with Crippen LogP contribution in [0.25, 0.3) is 0 Å². The first kappa shape index (κ1) is 16.6. The van der Waals surface area contributed by atoms with Gasteiger partial charge < -0.3 is 0 Å². The number of nitrogens with zero attached hydrogens (tertiary/aromatic N) is 4. The number of azo groups is 1. The Balaban J connectivity index is 4.80. The van der Waals surface area contributed by atoms with E-state index in [0.29, 0.717) is 19.3 Å². The topological polar surface area (TPSA) is 72.3 Å². The standard InChI is InChI=1S/C14H24N4/c1-5-8-9-10-13(4,11-15)17-18-14(6-2,7-3)12-16/h5-10H2,1-4H3. The van der Waals surface area contributed by atoms with Crippen molar-refractivity contribution in [1.82, 2.24) is 0 Å². The molecular formula is C14H24N4. The first-order valence-corrected chi connectivity index (χ1v) is 6.78. The van der Waals surface area contributed by atoms with E-state index in [1.54, 1.807) is 6.92 Å². The van der Waals surface area contributed by atoms with Crippen molar-refractivity contribution in [2.75, 3.05) is 0 Å². The fraction of sp³-hybridized carbons (Fsp3) is 0.857. The molecule has 0 aromatic heterocycles. The van der Waals surface area contributed by atoms with Crippen LogP contribution in [0.4, 0.5) is 0 Å². The van der Waals surface area contributed by atoms with Crippen LogP contribution in [0.15, 0.2) is 10.2 Å². The Morgan fingerprint density at radius 3 is 1.94 bits per heavy atom. The van der Waals surface area contributed by atoms with E-state index in [4.69, 9.17) is 0 Å². The van der Waals surface area contributed by atoms with Crippen molar-refractivity contribution in [2.24, 2.45) is 10.2 Å². The van der Waals surface area contributed by atoms with Crippen molar-refractivity contribution >= 4 is 0 Å². The Labute approximate surface area is 111 Å². The van der Waals surface area contributed by atoms with E-state index in [9.17, 15) is 10.5 Å². The summed E-state index contributed by atoms with van der Waals surface area (Å²) >= 11 is 0. The number of unbranched alkanes of at least 4 members (excludes halogenated alkanes) is 2. The molecule has 0 N–H and O–H groups in total. The summed E-state index contributed by atoms with van der Waals surface area (Å²) in [6.07, 6.45) is 5.13. The van der Waals surface area contributed by atoms with Gasteiger partial charge in [-0.15, -0.1) is 0 Å². The zero-order valence-corrected chi connectivity index (χ0v) is 12.0. The largest absolute Gasteiger partial charge is 0.196 e. The average molecular weight is 248 g/mol. The van der Waals surface area contributed by atoms with Crippen molar-refractivity contribution in [3.8, 4) is 12.1 Å². The smallest absolute Gasteiger partial charge is 0.167 e. The number of nitriles is 2. The molecule has 4 heteroatoms. The maximum atomic E-state index is 9.21. The van der Waals surface area contributed by atoms with Crippen LogP contribution >= 0.6 is 0 Å². The lowest BCUT2D eigenvalue weighted by atomic mass is 9.95. The van der Waals surface area contributed by atoms with E-state index < -0.39 is 11.1 Å². The molecule has 1 unspecified atom stereocenters. The van der Waals surface area contributed by atoms with Gasteiger partial charge in [0.05, 0.1) is 12.1 Å². The molecule has 0 saturated heterocycles. The molecule has 0 spiro atoms. The van der Waals surface area contributed by atoms with E-state index in [-0.39, 0.29) is 0 Å².